The second kappa shape index (κ2) is 12.1. The van der Waals surface area contributed by atoms with Gasteiger partial charge in [0.25, 0.3) is 5.91 Å². The highest BCUT2D eigenvalue weighted by Crippen LogP contribution is 2.44. The lowest BCUT2D eigenvalue weighted by Gasteiger charge is -2.32. The van der Waals surface area contributed by atoms with Crippen molar-refractivity contribution in [1.29, 1.82) is 0 Å². The number of rotatable bonds is 7. The molecule has 0 aliphatic carbocycles. The summed E-state index contributed by atoms with van der Waals surface area (Å²) >= 11 is 6.74. The van der Waals surface area contributed by atoms with Gasteiger partial charge in [0.05, 0.1) is 35.5 Å². The van der Waals surface area contributed by atoms with Crippen molar-refractivity contribution < 1.29 is 14.3 Å². The maximum Gasteiger partial charge on any atom is 0.337 e. The summed E-state index contributed by atoms with van der Waals surface area (Å²) in [6.45, 7) is 5.65. The number of fused-ring (bicyclic) bond motifs is 1. The summed E-state index contributed by atoms with van der Waals surface area (Å²) in [4.78, 5) is 40.7. The second-order valence-electron chi connectivity index (χ2n) is 10.2. The second-order valence-corrected chi connectivity index (χ2v) is 10.6. The minimum absolute atomic E-state index is 0.157. The van der Waals surface area contributed by atoms with Gasteiger partial charge in [0.15, 0.2) is 0 Å². The molecule has 220 valence electrons. The first-order valence-corrected chi connectivity index (χ1v) is 14.5. The summed E-state index contributed by atoms with van der Waals surface area (Å²) in [6.07, 6.45) is 5.07. The molecule has 3 aromatic heterocycles. The van der Waals surface area contributed by atoms with E-state index in [1.54, 1.807) is 49.8 Å². The highest BCUT2D eigenvalue weighted by molar-refractivity contribution is 6.31. The van der Waals surface area contributed by atoms with Crippen LogP contribution in [0.2, 0.25) is 5.02 Å². The molecule has 0 bridgehead atoms. The molecule has 0 fully saturated rings. The molecule has 44 heavy (non-hydrogen) atoms. The average Bonchev–Trinajstić information content (AvgIpc) is 3.37. The number of nitrogens with zero attached hydrogens (tertiary/aromatic N) is 4. The summed E-state index contributed by atoms with van der Waals surface area (Å²) in [5.41, 5.74) is 5.69. The highest BCUT2D eigenvalue weighted by atomic mass is 35.5. The number of ether oxygens (including phenoxy) is 1. The van der Waals surface area contributed by atoms with Crippen molar-refractivity contribution in [1.82, 2.24) is 24.8 Å². The van der Waals surface area contributed by atoms with Crippen LogP contribution in [0, 0.1) is 6.92 Å². The van der Waals surface area contributed by atoms with E-state index < -0.39 is 17.8 Å². The van der Waals surface area contributed by atoms with E-state index in [0.29, 0.717) is 33.4 Å². The van der Waals surface area contributed by atoms with Crippen molar-refractivity contribution in [3.8, 4) is 5.69 Å². The number of hydrogen-bond acceptors (Lipinski definition) is 7. The van der Waals surface area contributed by atoms with Crippen molar-refractivity contribution >= 4 is 46.0 Å². The first kappa shape index (κ1) is 28.8. The number of aromatic nitrogens is 4. The molecule has 0 spiro atoms. The first-order chi connectivity index (χ1) is 21.4. The molecule has 0 radical (unpaired) electrons. The Kier molecular flexibility index (Phi) is 7.95. The fourth-order valence-electron chi connectivity index (χ4n) is 5.58. The predicted molar refractivity (Wildman–Crippen MR) is 170 cm³/mol. The van der Waals surface area contributed by atoms with Gasteiger partial charge < -0.3 is 15.4 Å². The quantitative estimate of drug-likeness (QED) is 0.208. The van der Waals surface area contributed by atoms with Crippen molar-refractivity contribution in [3.05, 3.63) is 130 Å². The molecule has 1 amide bonds. The first-order valence-electron chi connectivity index (χ1n) is 14.1. The van der Waals surface area contributed by atoms with E-state index in [0.717, 1.165) is 28.1 Å². The Bertz CT molecular complexity index is 1950. The van der Waals surface area contributed by atoms with Gasteiger partial charge in [-0.25, -0.2) is 14.8 Å². The van der Waals surface area contributed by atoms with Crippen molar-refractivity contribution in [3.63, 3.8) is 0 Å². The van der Waals surface area contributed by atoms with Crippen LogP contribution >= 0.6 is 11.6 Å². The van der Waals surface area contributed by atoms with Crippen molar-refractivity contribution in [2.75, 3.05) is 11.9 Å². The smallest absolute Gasteiger partial charge is 0.337 e. The normalized spacial score (nSPS) is 14.9. The van der Waals surface area contributed by atoms with Gasteiger partial charge in [-0.05, 0) is 68.3 Å². The number of dihydropyridines is 1. The number of hydrogen-bond donors (Lipinski definition) is 2. The molecule has 1 aliphatic rings. The predicted octanol–water partition coefficient (Wildman–Crippen LogP) is 6.35. The third-order valence-electron chi connectivity index (χ3n) is 7.46. The van der Waals surface area contributed by atoms with Crippen LogP contribution in [0.3, 0.4) is 0 Å². The van der Waals surface area contributed by atoms with Crippen LogP contribution < -0.4 is 10.6 Å². The number of amides is 1. The van der Waals surface area contributed by atoms with Gasteiger partial charge in [-0.15, -0.1) is 0 Å². The Morgan fingerprint density at radius 2 is 1.75 bits per heavy atom. The van der Waals surface area contributed by atoms with Crippen LogP contribution in [0.25, 0.3) is 22.4 Å². The van der Waals surface area contributed by atoms with Crippen LogP contribution in [0.4, 0.5) is 5.82 Å². The van der Waals surface area contributed by atoms with E-state index in [4.69, 9.17) is 16.3 Å². The van der Waals surface area contributed by atoms with E-state index >= 15 is 0 Å². The summed E-state index contributed by atoms with van der Waals surface area (Å²) in [5.74, 6) is -0.578. The Morgan fingerprint density at radius 3 is 2.48 bits per heavy atom. The fraction of sp³-hybridized carbons (Fsp3) is 0.147. The molecular weight excluding hydrogens is 576 g/mol. The van der Waals surface area contributed by atoms with Crippen LogP contribution in [0.15, 0.2) is 108 Å². The van der Waals surface area contributed by atoms with E-state index in [2.05, 4.69) is 25.6 Å². The summed E-state index contributed by atoms with van der Waals surface area (Å²) < 4.78 is 7.64. The molecule has 0 saturated carbocycles. The van der Waals surface area contributed by atoms with Gasteiger partial charge >= 0.3 is 5.97 Å². The Balaban J connectivity index is 1.50. The molecule has 10 heteroatoms. The summed E-state index contributed by atoms with van der Waals surface area (Å²) in [5, 5.41) is 6.65. The van der Waals surface area contributed by atoms with Gasteiger partial charge in [0.1, 0.15) is 17.2 Å². The maximum atomic E-state index is 13.9. The number of benzene rings is 2. The van der Waals surface area contributed by atoms with Crippen LogP contribution in [0.1, 0.15) is 36.7 Å². The fourth-order valence-corrected chi connectivity index (χ4v) is 5.83. The standard InChI is InChI=1S/C34H29ClN6O3/c1-4-44-34(43)31-30(24-9-5-6-10-25(24)35)29(33(42)40-28-11-7-8-17-37-28)20(2)38-32(31)22-12-14-23(15-13-22)41-21(3)39-26-19-36-18-16-27(26)41/h5-19,30,38H,4H2,1-3H3,(H,37,40,42)/t30-/m1/s1. The van der Waals surface area contributed by atoms with Crippen molar-refractivity contribution in [2.24, 2.45) is 0 Å². The summed E-state index contributed by atoms with van der Waals surface area (Å²) in [7, 11) is 0. The maximum absolute atomic E-state index is 13.9. The van der Waals surface area contributed by atoms with Gasteiger partial charge in [0, 0.05) is 34.4 Å². The van der Waals surface area contributed by atoms with Crippen LogP contribution in [0.5, 0.6) is 0 Å². The third kappa shape index (κ3) is 5.33. The molecule has 1 atom stereocenters. The van der Waals surface area contributed by atoms with Gasteiger partial charge in [-0.2, -0.15) is 0 Å². The molecule has 5 aromatic rings. The van der Waals surface area contributed by atoms with Gasteiger partial charge in [0.2, 0.25) is 0 Å². The topological polar surface area (TPSA) is 111 Å². The monoisotopic (exact) mass is 604 g/mol. The molecule has 1 aliphatic heterocycles. The van der Waals surface area contributed by atoms with Crippen molar-refractivity contribution in [2.45, 2.75) is 26.7 Å². The number of allylic oxidation sites excluding steroid dienone is 1. The average molecular weight is 605 g/mol. The molecule has 0 saturated heterocycles. The van der Waals surface area contributed by atoms with E-state index in [1.807, 2.05) is 66.9 Å². The lowest BCUT2D eigenvalue weighted by Crippen LogP contribution is -2.34. The number of carbonyl (C=O) groups is 2. The number of anilines is 1. The zero-order chi connectivity index (χ0) is 30.8. The number of imidazole rings is 1. The molecular formula is C34H29ClN6O3. The Hall–Kier alpha value is -5.28. The zero-order valence-electron chi connectivity index (χ0n) is 24.3. The number of pyridine rings is 2. The molecule has 2 aromatic carbocycles. The number of aryl methyl sites for hydroxylation is 1. The molecule has 0 unspecified atom stereocenters. The molecule has 4 heterocycles. The molecule has 6 rings (SSSR count). The number of halogens is 1. The number of esters is 1. The largest absolute Gasteiger partial charge is 0.463 e. The molecule has 2 N–H and O–H groups in total. The van der Waals surface area contributed by atoms with Gasteiger partial charge in [-0.3, -0.25) is 14.3 Å². The third-order valence-corrected chi connectivity index (χ3v) is 7.81. The van der Waals surface area contributed by atoms with E-state index in [1.165, 1.54) is 0 Å². The Morgan fingerprint density at radius 1 is 0.977 bits per heavy atom. The number of carbonyl (C=O) groups excluding carboxylic acids is 2. The minimum Gasteiger partial charge on any atom is -0.463 e. The Labute approximate surface area is 259 Å². The molecule has 9 nitrogen and oxygen atoms in total. The van der Waals surface area contributed by atoms with Gasteiger partial charge in [-0.1, -0.05) is 48.0 Å². The van der Waals surface area contributed by atoms with Crippen LogP contribution in [-0.4, -0.2) is 38.0 Å². The summed E-state index contributed by atoms with van der Waals surface area (Å²) in [6, 6.07) is 22.2. The zero-order valence-corrected chi connectivity index (χ0v) is 25.1. The lowest BCUT2D eigenvalue weighted by atomic mass is 9.78. The SMILES string of the molecule is CCOC(=O)C1=C(c2ccc(-n3c(C)nc4cnccc43)cc2)NC(C)=C(C(=O)Nc2ccccn2)[C@H]1c1ccccc1Cl. The van der Waals surface area contributed by atoms with E-state index in [9.17, 15) is 9.59 Å². The lowest BCUT2D eigenvalue weighted by molar-refractivity contribution is -0.138. The highest BCUT2D eigenvalue weighted by Gasteiger charge is 2.39. The minimum atomic E-state index is -0.824. The number of nitrogens with one attached hydrogen (secondary N) is 2. The van der Waals surface area contributed by atoms with E-state index in [-0.39, 0.29) is 12.2 Å². The van der Waals surface area contributed by atoms with Crippen LogP contribution in [-0.2, 0) is 14.3 Å².